The van der Waals surface area contributed by atoms with Crippen molar-refractivity contribution in [3.8, 4) is 11.4 Å². The van der Waals surface area contributed by atoms with Gasteiger partial charge in [0, 0.05) is 22.5 Å². The molecule has 1 heterocycles. The molecule has 0 radical (unpaired) electrons. The van der Waals surface area contributed by atoms with Crippen LogP contribution in [0, 0.1) is 12.3 Å². The van der Waals surface area contributed by atoms with Gasteiger partial charge in [-0.3, -0.25) is 0 Å². The van der Waals surface area contributed by atoms with Gasteiger partial charge in [0.25, 0.3) is 0 Å². The Morgan fingerprint density at radius 1 is 1.33 bits per heavy atom. The fraction of sp³-hybridized carbons (Fsp3) is 0.500. The van der Waals surface area contributed by atoms with E-state index in [1.807, 2.05) is 25.1 Å². The normalized spacial score (nSPS) is 13.4. The Balaban J connectivity index is 2.11. The molecular formula is C16H22BrN3O. The molecule has 0 saturated carbocycles. The van der Waals surface area contributed by atoms with Gasteiger partial charge in [0.15, 0.2) is 0 Å². The van der Waals surface area contributed by atoms with Crippen LogP contribution in [0.2, 0.25) is 0 Å². The van der Waals surface area contributed by atoms with E-state index in [4.69, 9.17) is 10.3 Å². The van der Waals surface area contributed by atoms with E-state index in [0.29, 0.717) is 18.1 Å². The Kier molecular flexibility index (Phi) is 4.84. The largest absolute Gasteiger partial charge is 0.339 e. The zero-order chi connectivity index (χ0) is 15.6. The first-order chi connectivity index (χ1) is 9.74. The molecule has 2 N–H and O–H groups in total. The standard InChI is InChI=1S/C16H22BrN3O/c1-10-7-11(17)5-6-13(10)15-19-14(21-20-15)8-12(18)9-16(2,3)4/h5-7,12H,8-9,18H2,1-4H3. The number of benzene rings is 1. The molecule has 21 heavy (non-hydrogen) atoms. The van der Waals surface area contributed by atoms with Crippen LogP contribution >= 0.6 is 15.9 Å². The van der Waals surface area contributed by atoms with E-state index in [1.165, 1.54) is 0 Å². The van der Waals surface area contributed by atoms with Crippen molar-refractivity contribution >= 4 is 15.9 Å². The van der Waals surface area contributed by atoms with Gasteiger partial charge in [-0.25, -0.2) is 0 Å². The lowest BCUT2D eigenvalue weighted by atomic mass is 9.87. The molecule has 2 aromatic rings. The highest BCUT2D eigenvalue weighted by Crippen LogP contribution is 2.25. The van der Waals surface area contributed by atoms with Crippen LogP contribution in [0.1, 0.15) is 38.6 Å². The summed E-state index contributed by atoms with van der Waals surface area (Å²) in [6.07, 6.45) is 1.53. The molecule has 1 unspecified atom stereocenters. The highest BCUT2D eigenvalue weighted by molar-refractivity contribution is 9.10. The van der Waals surface area contributed by atoms with E-state index in [-0.39, 0.29) is 11.5 Å². The molecule has 0 bridgehead atoms. The van der Waals surface area contributed by atoms with E-state index in [0.717, 1.165) is 22.0 Å². The third-order valence-corrected chi connectivity index (χ3v) is 3.70. The highest BCUT2D eigenvalue weighted by atomic mass is 79.9. The summed E-state index contributed by atoms with van der Waals surface area (Å²) >= 11 is 3.45. The Labute approximate surface area is 134 Å². The SMILES string of the molecule is Cc1cc(Br)ccc1-c1noc(CC(N)CC(C)(C)C)n1. The topological polar surface area (TPSA) is 64.9 Å². The molecule has 1 aromatic carbocycles. The molecule has 1 aromatic heterocycles. The van der Waals surface area contributed by atoms with Crippen LogP contribution in [-0.2, 0) is 6.42 Å². The van der Waals surface area contributed by atoms with Crippen LogP contribution < -0.4 is 5.73 Å². The number of aromatic nitrogens is 2. The molecule has 0 saturated heterocycles. The fourth-order valence-corrected chi connectivity index (χ4v) is 2.88. The van der Waals surface area contributed by atoms with E-state index < -0.39 is 0 Å². The molecule has 0 aliphatic rings. The number of halogens is 1. The highest BCUT2D eigenvalue weighted by Gasteiger charge is 2.19. The molecule has 114 valence electrons. The lowest BCUT2D eigenvalue weighted by Crippen LogP contribution is -2.28. The van der Waals surface area contributed by atoms with Crippen molar-refractivity contribution in [1.82, 2.24) is 10.1 Å². The van der Waals surface area contributed by atoms with Crippen LogP contribution in [0.4, 0.5) is 0 Å². The average Bonchev–Trinajstić information content (AvgIpc) is 2.74. The van der Waals surface area contributed by atoms with Gasteiger partial charge in [0.2, 0.25) is 11.7 Å². The average molecular weight is 352 g/mol. The Bertz CT molecular complexity index is 616. The maximum Gasteiger partial charge on any atom is 0.228 e. The third kappa shape index (κ3) is 4.64. The lowest BCUT2D eigenvalue weighted by molar-refractivity contribution is 0.313. The number of hydrogen-bond donors (Lipinski definition) is 1. The number of aryl methyl sites for hydroxylation is 1. The number of nitrogens with two attached hydrogens (primary N) is 1. The summed E-state index contributed by atoms with van der Waals surface area (Å²) < 4.78 is 6.38. The summed E-state index contributed by atoms with van der Waals surface area (Å²) in [5.74, 6) is 1.22. The molecule has 2 rings (SSSR count). The van der Waals surface area contributed by atoms with Gasteiger partial charge >= 0.3 is 0 Å². The number of rotatable bonds is 4. The smallest absolute Gasteiger partial charge is 0.228 e. The van der Waals surface area contributed by atoms with E-state index >= 15 is 0 Å². The minimum atomic E-state index is 0.0318. The summed E-state index contributed by atoms with van der Waals surface area (Å²) in [6, 6.07) is 6.04. The van der Waals surface area contributed by atoms with Gasteiger partial charge in [0.1, 0.15) is 0 Å². The molecular weight excluding hydrogens is 330 g/mol. The molecule has 4 nitrogen and oxygen atoms in total. The first kappa shape index (κ1) is 16.2. The maximum absolute atomic E-state index is 6.16. The van der Waals surface area contributed by atoms with Crippen molar-refractivity contribution in [2.45, 2.75) is 46.6 Å². The van der Waals surface area contributed by atoms with Gasteiger partial charge < -0.3 is 10.3 Å². The van der Waals surface area contributed by atoms with E-state index in [1.54, 1.807) is 0 Å². The van der Waals surface area contributed by atoms with Crippen molar-refractivity contribution in [2.75, 3.05) is 0 Å². The van der Waals surface area contributed by atoms with Gasteiger partial charge in [-0.2, -0.15) is 4.98 Å². The van der Waals surface area contributed by atoms with Crippen LogP contribution in [0.3, 0.4) is 0 Å². The fourth-order valence-electron chi connectivity index (χ4n) is 2.41. The number of hydrogen-bond acceptors (Lipinski definition) is 4. The quantitative estimate of drug-likeness (QED) is 0.899. The Hall–Kier alpha value is -1.20. The predicted molar refractivity (Wildman–Crippen MR) is 87.9 cm³/mol. The Morgan fingerprint density at radius 3 is 2.67 bits per heavy atom. The summed E-state index contributed by atoms with van der Waals surface area (Å²) in [6.45, 7) is 8.56. The lowest BCUT2D eigenvalue weighted by Gasteiger charge is -2.21. The van der Waals surface area contributed by atoms with E-state index in [2.05, 4.69) is 46.8 Å². The van der Waals surface area contributed by atoms with Crippen molar-refractivity contribution in [1.29, 1.82) is 0 Å². The molecule has 0 spiro atoms. The monoisotopic (exact) mass is 351 g/mol. The molecule has 0 fully saturated rings. The summed E-state index contributed by atoms with van der Waals surface area (Å²) in [5.41, 5.74) is 8.45. The predicted octanol–water partition coefficient (Wildman–Crippen LogP) is 4.11. The van der Waals surface area contributed by atoms with Gasteiger partial charge in [-0.05, 0) is 42.5 Å². The summed E-state index contributed by atoms with van der Waals surface area (Å²) in [4.78, 5) is 4.47. The molecule has 5 heteroatoms. The molecule has 0 amide bonds. The van der Waals surface area contributed by atoms with Crippen molar-refractivity contribution in [3.63, 3.8) is 0 Å². The minimum absolute atomic E-state index is 0.0318. The third-order valence-electron chi connectivity index (χ3n) is 3.21. The Morgan fingerprint density at radius 2 is 2.05 bits per heavy atom. The van der Waals surface area contributed by atoms with Crippen LogP contribution in [-0.4, -0.2) is 16.2 Å². The minimum Gasteiger partial charge on any atom is -0.339 e. The second-order valence-corrected chi connectivity index (χ2v) is 7.62. The van der Waals surface area contributed by atoms with E-state index in [9.17, 15) is 0 Å². The van der Waals surface area contributed by atoms with Gasteiger partial charge in [-0.15, -0.1) is 0 Å². The first-order valence-corrected chi connectivity index (χ1v) is 7.88. The molecule has 0 aliphatic carbocycles. The second-order valence-electron chi connectivity index (χ2n) is 6.70. The van der Waals surface area contributed by atoms with Crippen molar-refractivity contribution in [2.24, 2.45) is 11.1 Å². The van der Waals surface area contributed by atoms with Crippen LogP contribution in [0.5, 0.6) is 0 Å². The second kappa shape index (κ2) is 6.28. The van der Waals surface area contributed by atoms with Crippen LogP contribution in [0.25, 0.3) is 11.4 Å². The van der Waals surface area contributed by atoms with Crippen molar-refractivity contribution < 1.29 is 4.52 Å². The molecule has 0 aliphatic heterocycles. The molecule has 1 atom stereocenters. The summed E-state index contributed by atoms with van der Waals surface area (Å²) in [7, 11) is 0. The van der Waals surface area contributed by atoms with Gasteiger partial charge in [-0.1, -0.05) is 41.9 Å². The maximum atomic E-state index is 6.16. The zero-order valence-corrected chi connectivity index (χ0v) is 14.6. The zero-order valence-electron chi connectivity index (χ0n) is 13.0. The van der Waals surface area contributed by atoms with Crippen molar-refractivity contribution in [3.05, 3.63) is 34.1 Å². The first-order valence-electron chi connectivity index (χ1n) is 7.09. The van der Waals surface area contributed by atoms with Gasteiger partial charge in [0.05, 0.1) is 0 Å². The number of nitrogens with zero attached hydrogens (tertiary/aromatic N) is 2. The summed E-state index contributed by atoms with van der Waals surface area (Å²) in [5, 5.41) is 4.07. The van der Waals surface area contributed by atoms with Crippen LogP contribution in [0.15, 0.2) is 27.2 Å².